The van der Waals surface area contributed by atoms with Gasteiger partial charge in [0, 0.05) is 55.9 Å². The number of halogens is 2. The van der Waals surface area contributed by atoms with Crippen molar-refractivity contribution in [2.24, 2.45) is 0 Å². The van der Waals surface area contributed by atoms with E-state index in [0.717, 1.165) is 22.4 Å². The topological polar surface area (TPSA) is 79.5 Å². The third kappa shape index (κ3) is 4.77. The third-order valence-electron chi connectivity index (χ3n) is 6.66. The number of anilines is 2. The lowest BCUT2D eigenvalue weighted by Gasteiger charge is -2.35. The van der Waals surface area contributed by atoms with Gasteiger partial charge in [-0.2, -0.15) is 0 Å². The molecule has 0 bridgehead atoms. The largest absolute Gasteiger partial charge is 0.456 e. The fourth-order valence-electron chi connectivity index (χ4n) is 4.88. The average molecular weight is 519 g/mol. The van der Waals surface area contributed by atoms with E-state index in [1.807, 2.05) is 29.2 Å². The summed E-state index contributed by atoms with van der Waals surface area (Å²) < 4.78 is 27.5. The van der Waals surface area contributed by atoms with Crippen LogP contribution in [0.1, 0.15) is 28.4 Å². The summed E-state index contributed by atoms with van der Waals surface area (Å²) >= 11 is 6.03. The second kappa shape index (κ2) is 9.88. The normalized spacial score (nSPS) is 16.5. The first kappa shape index (κ1) is 23.5. The van der Waals surface area contributed by atoms with Gasteiger partial charge in [-0.05, 0) is 53.6 Å². The molecule has 1 atom stereocenters. The number of H-pyrrole nitrogens is 1. The first-order valence-corrected chi connectivity index (χ1v) is 12.4. The van der Waals surface area contributed by atoms with Gasteiger partial charge in [0.15, 0.2) is 0 Å². The molecule has 188 valence electrons. The van der Waals surface area contributed by atoms with Crippen molar-refractivity contribution in [3.05, 3.63) is 111 Å². The quantitative estimate of drug-likeness (QED) is 0.322. The smallest absolute Gasteiger partial charge is 0.271 e. The Bertz CT molecular complexity index is 1530. The van der Waals surface area contributed by atoms with Crippen LogP contribution in [0.15, 0.2) is 71.9 Å². The van der Waals surface area contributed by atoms with Gasteiger partial charge in [0.2, 0.25) is 0 Å². The monoisotopic (exact) mass is 518 g/mol. The summed E-state index contributed by atoms with van der Waals surface area (Å²) in [5.41, 5.74) is 4.55. The van der Waals surface area contributed by atoms with Gasteiger partial charge >= 0.3 is 0 Å². The molecule has 0 spiro atoms. The zero-order chi connectivity index (χ0) is 25.4. The predicted octanol–water partition coefficient (Wildman–Crippen LogP) is 5.45. The van der Waals surface area contributed by atoms with Crippen LogP contribution in [0.25, 0.3) is 0 Å². The van der Waals surface area contributed by atoms with Gasteiger partial charge in [-0.1, -0.05) is 17.7 Å². The molecule has 2 aromatic carbocycles. The second-order valence-electron chi connectivity index (χ2n) is 9.11. The van der Waals surface area contributed by atoms with Crippen LogP contribution in [0.5, 0.6) is 11.5 Å². The summed E-state index contributed by atoms with van der Waals surface area (Å²) in [7, 11) is 0. The first-order chi connectivity index (χ1) is 18.0. The summed E-state index contributed by atoms with van der Waals surface area (Å²) in [4.78, 5) is 21.1. The van der Waals surface area contributed by atoms with Crippen LogP contribution >= 0.6 is 11.6 Å². The molecule has 37 heavy (non-hydrogen) atoms. The number of pyridine rings is 2. The lowest BCUT2D eigenvalue weighted by Crippen LogP contribution is -2.41. The maximum Gasteiger partial charge on any atom is 0.271 e. The van der Waals surface area contributed by atoms with Gasteiger partial charge in [-0.3, -0.25) is 9.78 Å². The van der Waals surface area contributed by atoms with E-state index in [-0.39, 0.29) is 11.4 Å². The van der Waals surface area contributed by atoms with E-state index in [0.29, 0.717) is 60.4 Å². The van der Waals surface area contributed by atoms with Crippen molar-refractivity contribution in [3.8, 4) is 11.5 Å². The third-order valence-corrected chi connectivity index (χ3v) is 6.87. The standard InChI is InChI=1S/C28H24ClFN4O3/c29-20-10-17(13-31-15-20)14-33-21-4-6-24-19(12-21)11-18-3-5-22(30)26(27(18)37-24)25-16-34(8-9-36-25)23-2-1-7-32-28(23)35/h1-7,10,12-13,15,25,33H,8-9,11,14,16H2,(H,32,35). The van der Waals surface area contributed by atoms with Gasteiger partial charge in [0.25, 0.3) is 5.56 Å². The number of ether oxygens (including phenoxy) is 2. The van der Waals surface area contributed by atoms with Crippen molar-refractivity contribution in [3.63, 3.8) is 0 Å². The Morgan fingerprint density at radius 1 is 1.16 bits per heavy atom. The highest BCUT2D eigenvalue weighted by Gasteiger charge is 2.32. The Kier molecular flexibility index (Phi) is 6.28. The highest BCUT2D eigenvalue weighted by molar-refractivity contribution is 6.30. The van der Waals surface area contributed by atoms with Gasteiger partial charge in [-0.15, -0.1) is 0 Å². The summed E-state index contributed by atoms with van der Waals surface area (Å²) in [6.45, 7) is 1.84. The number of nitrogens with zero attached hydrogens (tertiary/aromatic N) is 2. The fraction of sp³-hybridized carbons (Fsp3) is 0.214. The summed E-state index contributed by atoms with van der Waals surface area (Å²) in [6.07, 6.45) is 5.00. The molecule has 1 saturated heterocycles. The number of rotatable bonds is 5. The van der Waals surface area contributed by atoms with Crippen molar-refractivity contribution in [1.29, 1.82) is 0 Å². The molecule has 6 rings (SSSR count). The minimum atomic E-state index is -0.572. The van der Waals surface area contributed by atoms with Crippen molar-refractivity contribution in [1.82, 2.24) is 9.97 Å². The molecule has 2 aliphatic rings. The van der Waals surface area contributed by atoms with E-state index in [2.05, 4.69) is 15.3 Å². The van der Waals surface area contributed by atoms with E-state index in [1.54, 1.807) is 36.8 Å². The Hall–Kier alpha value is -3.88. The molecule has 1 unspecified atom stereocenters. The molecule has 4 aromatic rings. The van der Waals surface area contributed by atoms with Crippen molar-refractivity contribution in [2.75, 3.05) is 29.9 Å². The molecule has 2 aromatic heterocycles. The number of hydrogen-bond acceptors (Lipinski definition) is 6. The molecule has 0 aliphatic carbocycles. The summed E-state index contributed by atoms with van der Waals surface area (Å²) in [5.74, 6) is 0.790. The number of hydrogen-bond donors (Lipinski definition) is 2. The van der Waals surface area contributed by atoms with Crippen LogP contribution in [-0.2, 0) is 17.7 Å². The van der Waals surface area contributed by atoms with Gasteiger partial charge in [0.1, 0.15) is 29.1 Å². The zero-order valence-electron chi connectivity index (χ0n) is 19.8. The van der Waals surface area contributed by atoms with Crippen LogP contribution in [0.4, 0.5) is 15.8 Å². The molecule has 4 heterocycles. The van der Waals surface area contributed by atoms with Gasteiger partial charge in [0.05, 0.1) is 17.2 Å². The molecule has 0 radical (unpaired) electrons. The van der Waals surface area contributed by atoms with Crippen LogP contribution < -0.4 is 20.5 Å². The van der Waals surface area contributed by atoms with E-state index < -0.39 is 6.10 Å². The van der Waals surface area contributed by atoms with Gasteiger partial charge in [-0.25, -0.2) is 4.39 Å². The van der Waals surface area contributed by atoms with Crippen LogP contribution in [0.2, 0.25) is 5.02 Å². The van der Waals surface area contributed by atoms with Gasteiger partial charge < -0.3 is 24.7 Å². The highest BCUT2D eigenvalue weighted by Crippen LogP contribution is 2.44. The van der Waals surface area contributed by atoms with E-state index in [4.69, 9.17) is 21.1 Å². The number of fused-ring (bicyclic) bond motifs is 2. The molecular weight excluding hydrogens is 495 g/mol. The Morgan fingerprint density at radius 2 is 2.08 bits per heavy atom. The number of morpholine rings is 1. The second-order valence-corrected chi connectivity index (χ2v) is 9.54. The van der Waals surface area contributed by atoms with Crippen molar-refractivity contribution < 1.29 is 13.9 Å². The zero-order valence-corrected chi connectivity index (χ0v) is 20.6. The molecule has 2 aliphatic heterocycles. The molecule has 7 nitrogen and oxygen atoms in total. The maximum absolute atomic E-state index is 15.2. The Balaban J connectivity index is 1.24. The first-order valence-electron chi connectivity index (χ1n) is 12.0. The average Bonchev–Trinajstić information content (AvgIpc) is 2.91. The molecule has 0 amide bonds. The van der Waals surface area contributed by atoms with Crippen LogP contribution in [0, 0.1) is 5.82 Å². The molecule has 9 heteroatoms. The minimum absolute atomic E-state index is 0.181. The van der Waals surface area contributed by atoms with Crippen molar-refractivity contribution in [2.45, 2.75) is 19.1 Å². The Morgan fingerprint density at radius 3 is 2.95 bits per heavy atom. The number of aromatic amines is 1. The molecule has 0 saturated carbocycles. The maximum atomic E-state index is 15.2. The fourth-order valence-corrected chi connectivity index (χ4v) is 5.08. The Labute approximate surface area is 217 Å². The predicted molar refractivity (Wildman–Crippen MR) is 140 cm³/mol. The van der Waals surface area contributed by atoms with Crippen LogP contribution in [0.3, 0.4) is 0 Å². The number of benzene rings is 2. The number of aromatic nitrogens is 2. The molecule has 2 N–H and O–H groups in total. The van der Waals surface area contributed by atoms with E-state index >= 15 is 4.39 Å². The van der Waals surface area contributed by atoms with Crippen molar-refractivity contribution >= 4 is 23.0 Å². The number of nitrogens with one attached hydrogen (secondary N) is 2. The highest BCUT2D eigenvalue weighted by atomic mass is 35.5. The lowest BCUT2D eigenvalue weighted by molar-refractivity contribution is 0.0359. The molecule has 1 fully saturated rings. The van der Waals surface area contributed by atoms with E-state index in [9.17, 15) is 4.79 Å². The summed E-state index contributed by atoms with van der Waals surface area (Å²) in [5, 5.41) is 3.99. The SMILES string of the molecule is O=c1[nH]cccc1N1CCOC(c2c(F)ccc3c2Oc2ccc(NCc4cncc(Cl)c4)cc2C3)C1. The molecular formula is C28H24ClFN4O3. The minimum Gasteiger partial charge on any atom is -0.456 e. The van der Waals surface area contributed by atoms with E-state index in [1.165, 1.54) is 6.07 Å². The van der Waals surface area contributed by atoms with Crippen LogP contribution in [-0.4, -0.2) is 29.7 Å². The lowest BCUT2D eigenvalue weighted by atomic mass is 9.94. The summed E-state index contributed by atoms with van der Waals surface area (Å²) in [6, 6.07) is 14.5.